The number of nitrogens with two attached hydrogens (primary N) is 1. The number of fused-ring (bicyclic) bond motifs is 1. The van der Waals surface area contributed by atoms with E-state index < -0.39 is 0 Å². The van der Waals surface area contributed by atoms with Gasteiger partial charge in [-0.1, -0.05) is 6.07 Å². The summed E-state index contributed by atoms with van der Waals surface area (Å²) >= 11 is 0. The van der Waals surface area contributed by atoms with E-state index in [0.29, 0.717) is 23.9 Å². The molecule has 0 atom stereocenters. The molecule has 2 N–H and O–H groups in total. The van der Waals surface area contributed by atoms with Gasteiger partial charge in [0, 0.05) is 6.42 Å². The SMILES string of the molecule is COC(=O)CCc1ccc2oc(N)nc2c1. The molecule has 0 aliphatic heterocycles. The van der Waals surface area contributed by atoms with Gasteiger partial charge < -0.3 is 14.9 Å². The summed E-state index contributed by atoms with van der Waals surface area (Å²) in [5.74, 6) is -0.222. The fourth-order valence-electron chi connectivity index (χ4n) is 1.49. The van der Waals surface area contributed by atoms with Crippen LogP contribution in [0.1, 0.15) is 12.0 Å². The van der Waals surface area contributed by atoms with Gasteiger partial charge in [0.1, 0.15) is 5.52 Å². The maximum atomic E-state index is 11.0. The molecule has 0 fully saturated rings. The van der Waals surface area contributed by atoms with E-state index in [1.807, 2.05) is 12.1 Å². The Morgan fingerprint density at radius 3 is 3.12 bits per heavy atom. The Morgan fingerprint density at radius 1 is 1.56 bits per heavy atom. The number of aryl methyl sites for hydroxylation is 1. The number of nitrogens with zero attached hydrogens (tertiary/aromatic N) is 1. The highest BCUT2D eigenvalue weighted by Gasteiger charge is 2.05. The number of carbonyl (C=O) groups is 1. The van der Waals surface area contributed by atoms with Gasteiger partial charge in [0.05, 0.1) is 7.11 Å². The van der Waals surface area contributed by atoms with Crippen molar-refractivity contribution >= 4 is 23.1 Å². The minimum Gasteiger partial charge on any atom is -0.469 e. The van der Waals surface area contributed by atoms with E-state index in [9.17, 15) is 4.79 Å². The van der Waals surface area contributed by atoms with Crippen molar-refractivity contribution in [2.75, 3.05) is 12.8 Å². The van der Waals surface area contributed by atoms with Crippen molar-refractivity contribution in [1.29, 1.82) is 0 Å². The summed E-state index contributed by atoms with van der Waals surface area (Å²) < 4.78 is 9.72. The molecule has 16 heavy (non-hydrogen) atoms. The number of hydrogen-bond donors (Lipinski definition) is 1. The summed E-state index contributed by atoms with van der Waals surface area (Å²) in [4.78, 5) is 15.0. The highest BCUT2D eigenvalue weighted by atomic mass is 16.5. The molecule has 0 spiro atoms. The van der Waals surface area contributed by atoms with E-state index in [4.69, 9.17) is 10.2 Å². The molecule has 1 aromatic heterocycles. The second-order valence-corrected chi connectivity index (χ2v) is 3.43. The number of carbonyl (C=O) groups excluding carboxylic acids is 1. The molecule has 5 nitrogen and oxygen atoms in total. The highest BCUT2D eigenvalue weighted by Crippen LogP contribution is 2.18. The first kappa shape index (κ1) is 10.5. The van der Waals surface area contributed by atoms with Crippen LogP contribution in [0.5, 0.6) is 0 Å². The third-order valence-electron chi connectivity index (χ3n) is 2.31. The predicted octanol–water partition coefficient (Wildman–Crippen LogP) is 1.52. The quantitative estimate of drug-likeness (QED) is 0.793. The zero-order valence-electron chi connectivity index (χ0n) is 8.90. The molecule has 2 aromatic rings. The van der Waals surface area contributed by atoms with E-state index in [1.165, 1.54) is 7.11 Å². The van der Waals surface area contributed by atoms with Crippen LogP contribution in [0.3, 0.4) is 0 Å². The van der Waals surface area contributed by atoms with Crippen LogP contribution < -0.4 is 5.73 Å². The van der Waals surface area contributed by atoms with Crippen molar-refractivity contribution in [2.24, 2.45) is 0 Å². The smallest absolute Gasteiger partial charge is 0.305 e. The van der Waals surface area contributed by atoms with Crippen LogP contribution in [0, 0.1) is 0 Å². The summed E-state index contributed by atoms with van der Waals surface area (Å²) in [6.45, 7) is 0. The molecular weight excluding hydrogens is 208 g/mol. The van der Waals surface area contributed by atoms with E-state index in [2.05, 4.69) is 9.72 Å². The third kappa shape index (κ3) is 2.13. The van der Waals surface area contributed by atoms with Gasteiger partial charge in [0.25, 0.3) is 6.01 Å². The van der Waals surface area contributed by atoms with Crippen LogP contribution in [0.25, 0.3) is 11.1 Å². The Balaban J connectivity index is 2.16. The van der Waals surface area contributed by atoms with Crippen LogP contribution in [0.4, 0.5) is 6.01 Å². The van der Waals surface area contributed by atoms with E-state index in [-0.39, 0.29) is 12.0 Å². The lowest BCUT2D eigenvalue weighted by molar-refractivity contribution is -0.140. The number of oxazole rings is 1. The molecule has 0 amide bonds. The number of anilines is 1. The minimum absolute atomic E-state index is 0.153. The Bertz CT molecular complexity index is 519. The summed E-state index contributed by atoms with van der Waals surface area (Å²) in [6, 6.07) is 5.69. The third-order valence-corrected chi connectivity index (χ3v) is 2.31. The standard InChI is InChI=1S/C11H12N2O3/c1-15-10(14)5-3-7-2-4-9-8(6-7)13-11(12)16-9/h2,4,6H,3,5H2,1H3,(H2,12,13). The molecule has 2 rings (SSSR count). The summed E-state index contributed by atoms with van der Waals surface area (Å²) in [7, 11) is 1.38. The lowest BCUT2D eigenvalue weighted by Gasteiger charge is -1.99. The van der Waals surface area contributed by atoms with Gasteiger partial charge in [-0.2, -0.15) is 4.98 Å². The molecule has 0 radical (unpaired) electrons. The fourth-order valence-corrected chi connectivity index (χ4v) is 1.49. The maximum Gasteiger partial charge on any atom is 0.305 e. The van der Waals surface area contributed by atoms with Crippen molar-refractivity contribution in [3.05, 3.63) is 23.8 Å². The minimum atomic E-state index is -0.222. The molecule has 5 heteroatoms. The van der Waals surface area contributed by atoms with Crippen molar-refractivity contribution < 1.29 is 13.9 Å². The average molecular weight is 220 g/mol. The van der Waals surface area contributed by atoms with Crippen LogP contribution in [-0.4, -0.2) is 18.1 Å². The normalized spacial score (nSPS) is 10.6. The average Bonchev–Trinajstić information content (AvgIpc) is 2.65. The number of hydrogen-bond acceptors (Lipinski definition) is 5. The van der Waals surface area contributed by atoms with Gasteiger partial charge in [0.2, 0.25) is 0 Å². The predicted molar refractivity (Wildman–Crippen MR) is 58.8 cm³/mol. The number of ether oxygens (including phenoxy) is 1. The van der Waals surface area contributed by atoms with Gasteiger partial charge in [-0.05, 0) is 24.1 Å². The second-order valence-electron chi connectivity index (χ2n) is 3.43. The van der Waals surface area contributed by atoms with E-state index in [0.717, 1.165) is 5.56 Å². The fraction of sp³-hybridized carbons (Fsp3) is 0.273. The Morgan fingerprint density at radius 2 is 2.38 bits per heavy atom. The number of rotatable bonds is 3. The van der Waals surface area contributed by atoms with E-state index in [1.54, 1.807) is 6.07 Å². The number of benzene rings is 1. The Hall–Kier alpha value is -2.04. The number of methoxy groups -OCH3 is 1. The van der Waals surface area contributed by atoms with Crippen molar-refractivity contribution in [1.82, 2.24) is 4.98 Å². The Labute approximate surface area is 92.2 Å². The maximum absolute atomic E-state index is 11.0. The number of nitrogen functional groups attached to an aromatic ring is 1. The van der Waals surface area contributed by atoms with Crippen molar-refractivity contribution in [2.45, 2.75) is 12.8 Å². The van der Waals surface area contributed by atoms with Gasteiger partial charge in [-0.25, -0.2) is 0 Å². The molecule has 1 aromatic carbocycles. The van der Waals surface area contributed by atoms with Crippen molar-refractivity contribution in [3.8, 4) is 0 Å². The first-order valence-electron chi connectivity index (χ1n) is 4.91. The van der Waals surface area contributed by atoms with Crippen LogP contribution >= 0.6 is 0 Å². The van der Waals surface area contributed by atoms with Crippen LogP contribution in [0.2, 0.25) is 0 Å². The molecular formula is C11H12N2O3. The van der Waals surface area contributed by atoms with Crippen LogP contribution in [0.15, 0.2) is 22.6 Å². The zero-order valence-corrected chi connectivity index (χ0v) is 8.90. The molecule has 1 heterocycles. The zero-order chi connectivity index (χ0) is 11.5. The molecule has 0 saturated carbocycles. The molecule has 84 valence electrons. The first-order chi connectivity index (χ1) is 7.69. The van der Waals surface area contributed by atoms with Gasteiger partial charge in [-0.3, -0.25) is 4.79 Å². The van der Waals surface area contributed by atoms with Gasteiger partial charge in [0.15, 0.2) is 5.58 Å². The lowest BCUT2D eigenvalue weighted by Crippen LogP contribution is -2.01. The first-order valence-corrected chi connectivity index (χ1v) is 4.91. The van der Waals surface area contributed by atoms with Crippen LogP contribution in [-0.2, 0) is 16.0 Å². The molecule has 0 aliphatic carbocycles. The van der Waals surface area contributed by atoms with Gasteiger partial charge >= 0.3 is 5.97 Å². The topological polar surface area (TPSA) is 78.3 Å². The number of esters is 1. The molecule has 0 unspecified atom stereocenters. The van der Waals surface area contributed by atoms with Crippen molar-refractivity contribution in [3.63, 3.8) is 0 Å². The molecule has 0 aliphatic rings. The second kappa shape index (κ2) is 4.22. The largest absolute Gasteiger partial charge is 0.469 e. The summed E-state index contributed by atoms with van der Waals surface area (Å²) in [5, 5.41) is 0. The molecule has 0 bridgehead atoms. The summed E-state index contributed by atoms with van der Waals surface area (Å²) in [5.41, 5.74) is 7.80. The lowest BCUT2D eigenvalue weighted by atomic mass is 10.1. The van der Waals surface area contributed by atoms with E-state index >= 15 is 0 Å². The summed E-state index contributed by atoms with van der Waals surface area (Å²) in [6.07, 6.45) is 0.977. The number of aromatic nitrogens is 1. The Kier molecular flexibility index (Phi) is 2.76. The monoisotopic (exact) mass is 220 g/mol. The molecule has 0 saturated heterocycles. The van der Waals surface area contributed by atoms with Gasteiger partial charge in [-0.15, -0.1) is 0 Å². The highest BCUT2D eigenvalue weighted by molar-refractivity contribution is 5.75.